The van der Waals surface area contributed by atoms with Crippen molar-refractivity contribution in [2.45, 2.75) is 0 Å². The number of para-hydroxylation sites is 1. The minimum absolute atomic E-state index is 0.939. The third-order valence-corrected chi connectivity index (χ3v) is 7.47. The number of nitrogens with zero attached hydrogens (tertiary/aromatic N) is 3. The van der Waals surface area contributed by atoms with E-state index in [1.165, 1.54) is 43.7 Å². The fourth-order valence-electron chi connectivity index (χ4n) is 5.87. The Bertz CT molecular complexity index is 2090. The monoisotopic (exact) mass is 471 g/mol. The van der Waals surface area contributed by atoms with Gasteiger partial charge < -0.3 is 4.57 Å². The molecule has 8 aromatic rings. The second kappa shape index (κ2) is 7.74. The molecular formula is C34H21N3. The van der Waals surface area contributed by atoms with E-state index in [2.05, 4.69) is 120 Å². The van der Waals surface area contributed by atoms with Crippen molar-refractivity contribution in [1.82, 2.24) is 14.5 Å². The molecule has 0 bridgehead atoms. The van der Waals surface area contributed by atoms with Crippen LogP contribution < -0.4 is 0 Å². The van der Waals surface area contributed by atoms with Gasteiger partial charge in [-0.1, -0.05) is 97.1 Å². The van der Waals surface area contributed by atoms with E-state index in [4.69, 9.17) is 9.97 Å². The van der Waals surface area contributed by atoms with Gasteiger partial charge in [-0.3, -0.25) is 9.97 Å². The Hall–Kier alpha value is -5.02. The average Bonchev–Trinajstić information content (AvgIpc) is 3.32. The number of hydrogen-bond donors (Lipinski definition) is 0. The summed E-state index contributed by atoms with van der Waals surface area (Å²) in [5.41, 5.74) is 7.85. The molecule has 0 unspecified atom stereocenters. The van der Waals surface area contributed by atoms with Crippen LogP contribution in [0.3, 0.4) is 0 Å². The van der Waals surface area contributed by atoms with Crippen molar-refractivity contribution < 1.29 is 0 Å². The van der Waals surface area contributed by atoms with Crippen LogP contribution in [0.4, 0.5) is 0 Å². The summed E-state index contributed by atoms with van der Waals surface area (Å²) < 4.78 is 2.41. The van der Waals surface area contributed by atoms with Gasteiger partial charge in [-0.05, 0) is 34.7 Å². The average molecular weight is 472 g/mol. The number of hydrogen-bond acceptors (Lipinski definition) is 2. The van der Waals surface area contributed by atoms with Crippen molar-refractivity contribution in [3.63, 3.8) is 0 Å². The Morgan fingerprint density at radius 3 is 1.81 bits per heavy atom. The zero-order chi connectivity index (χ0) is 24.3. The van der Waals surface area contributed by atoms with Crippen LogP contribution in [0.5, 0.6) is 0 Å². The summed E-state index contributed by atoms with van der Waals surface area (Å²) in [6.45, 7) is 0. The molecule has 172 valence electrons. The number of fused-ring (bicyclic) bond motifs is 10. The highest BCUT2D eigenvalue weighted by Gasteiger charge is 2.19. The van der Waals surface area contributed by atoms with Crippen LogP contribution in [0.15, 0.2) is 128 Å². The Labute approximate surface area is 213 Å². The van der Waals surface area contributed by atoms with Gasteiger partial charge in [-0.2, -0.15) is 0 Å². The molecule has 2 heterocycles. The maximum Gasteiger partial charge on any atom is 0.0972 e. The van der Waals surface area contributed by atoms with Crippen LogP contribution in [0.2, 0.25) is 0 Å². The fraction of sp³-hybridized carbons (Fsp3) is 0. The SMILES string of the molecule is c1ccc(-c2ccc(-n3c4ccccc4c4ccc5c6nccnc6c6ccccc6c5c43)cc2)cc1. The van der Waals surface area contributed by atoms with Crippen LogP contribution in [-0.4, -0.2) is 14.5 Å². The summed E-state index contributed by atoms with van der Waals surface area (Å²) in [5.74, 6) is 0. The van der Waals surface area contributed by atoms with Crippen LogP contribution in [-0.2, 0) is 0 Å². The first-order valence-electron chi connectivity index (χ1n) is 12.5. The molecule has 0 atom stereocenters. The molecule has 0 saturated carbocycles. The number of benzene rings is 6. The van der Waals surface area contributed by atoms with E-state index in [-0.39, 0.29) is 0 Å². The van der Waals surface area contributed by atoms with E-state index in [1.807, 2.05) is 0 Å². The molecule has 0 fully saturated rings. The lowest BCUT2D eigenvalue weighted by Crippen LogP contribution is -1.96. The van der Waals surface area contributed by atoms with E-state index in [0.717, 1.165) is 27.5 Å². The summed E-state index contributed by atoms with van der Waals surface area (Å²) in [6.07, 6.45) is 3.57. The molecule has 0 aliphatic heterocycles. The molecule has 0 aliphatic rings. The van der Waals surface area contributed by atoms with Crippen LogP contribution in [0, 0.1) is 0 Å². The van der Waals surface area contributed by atoms with Crippen molar-refractivity contribution in [2.75, 3.05) is 0 Å². The van der Waals surface area contributed by atoms with Crippen molar-refractivity contribution in [1.29, 1.82) is 0 Å². The lowest BCUT2D eigenvalue weighted by Gasteiger charge is -2.14. The zero-order valence-electron chi connectivity index (χ0n) is 20.0. The standard InChI is InChI=1S/C34H21N3/c1-2-8-22(9-3-1)23-14-16-24(17-15-23)37-30-13-7-6-10-25(30)28-18-19-29-31(34(28)37)26-11-4-5-12-27(26)32-33(29)36-21-20-35-32/h1-21H. The molecule has 3 nitrogen and oxygen atoms in total. The van der Waals surface area contributed by atoms with Gasteiger partial charge in [0.25, 0.3) is 0 Å². The predicted molar refractivity (Wildman–Crippen MR) is 154 cm³/mol. The van der Waals surface area contributed by atoms with Crippen LogP contribution in [0.25, 0.3) is 71.2 Å². The molecule has 8 rings (SSSR count). The third-order valence-electron chi connectivity index (χ3n) is 7.47. The van der Waals surface area contributed by atoms with Crippen molar-refractivity contribution in [3.05, 3.63) is 128 Å². The predicted octanol–water partition coefficient (Wildman–Crippen LogP) is 8.70. The Morgan fingerprint density at radius 1 is 0.432 bits per heavy atom. The Morgan fingerprint density at radius 2 is 1.03 bits per heavy atom. The molecular weight excluding hydrogens is 450 g/mol. The Balaban J connectivity index is 1.55. The topological polar surface area (TPSA) is 30.7 Å². The second-order valence-corrected chi connectivity index (χ2v) is 9.45. The molecule has 0 amide bonds. The summed E-state index contributed by atoms with van der Waals surface area (Å²) >= 11 is 0. The number of aromatic nitrogens is 3. The minimum Gasteiger partial charge on any atom is -0.309 e. The normalized spacial score (nSPS) is 11.8. The van der Waals surface area contributed by atoms with E-state index in [1.54, 1.807) is 12.4 Å². The van der Waals surface area contributed by atoms with Crippen molar-refractivity contribution >= 4 is 54.4 Å². The van der Waals surface area contributed by atoms with E-state index in [0.29, 0.717) is 0 Å². The molecule has 6 aromatic carbocycles. The molecule has 0 N–H and O–H groups in total. The minimum atomic E-state index is 0.939. The third kappa shape index (κ3) is 2.88. The van der Waals surface area contributed by atoms with E-state index >= 15 is 0 Å². The van der Waals surface area contributed by atoms with Gasteiger partial charge in [0.15, 0.2) is 0 Å². The first-order chi connectivity index (χ1) is 18.4. The van der Waals surface area contributed by atoms with Gasteiger partial charge in [0, 0.05) is 45.0 Å². The molecule has 0 saturated heterocycles. The highest BCUT2D eigenvalue weighted by atomic mass is 15.0. The van der Waals surface area contributed by atoms with Gasteiger partial charge in [0.05, 0.1) is 22.1 Å². The quantitative estimate of drug-likeness (QED) is 0.236. The van der Waals surface area contributed by atoms with Crippen molar-refractivity contribution in [3.8, 4) is 16.8 Å². The van der Waals surface area contributed by atoms with Crippen LogP contribution >= 0.6 is 0 Å². The lowest BCUT2D eigenvalue weighted by molar-refractivity contribution is 1.19. The molecule has 0 aliphatic carbocycles. The van der Waals surface area contributed by atoms with Gasteiger partial charge in [-0.15, -0.1) is 0 Å². The van der Waals surface area contributed by atoms with Gasteiger partial charge in [-0.25, -0.2) is 0 Å². The second-order valence-electron chi connectivity index (χ2n) is 9.45. The summed E-state index contributed by atoms with van der Waals surface area (Å²) in [4.78, 5) is 9.53. The smallest absolute Gasteiger partial charge is 0.0972 e. The van der Waals surface area contributed by atoms with Crippen LogP contribution in [0.1, 0.15) is 0 Å². The molecule has 3 heteroatoms. The molecule has 2 aromatic heterocycles. The maximum absolute atomic E-state index is 4.80. The zero-order valence-corrected chi connectivity index (χ0v) is 20.0. The van der Waals surface area contributed by atoms with E-state index in [9.17, 15) is 0 Å². The Kier molecular flexibility index (Phi) is 4.23. The molecule has 37 heavy (non-hydrogen) atoms. The highest BCUT2D eigenvalue weighted by molar-refractivity contribution is 6.32. The fourth-order valence-corrected chi connectivity index (χ4v) is 5.87. The highest BCUT2D eigenvalue weighted by Crippen LogP contribution is 2.42. The number of rotatable bonds is 2. The van der Waals surface area contributed by atoms with Crippen molar-refractivity contribution in [2.24, 2.45) is 0 Å². The van der Waals surface area contributed by atoms with Gasteiger partial charge in [0.1, 0.15) is 0 Å². The first-order valence-corrected chi connectivity index (χ1v) is 12.5. The van der Waals surface area contributed by atoms with Gasteiger partial charge in [0.2, 0.25) is 0 Å². The first kappa shape index (κ1) is 20.2. The summed E-state index contributed by atoms with van der Waals surface area (Å²) in [7, 11) is 0. The molecule has 0 spiro atoms. The molecule has 0 radical (unpaired) electrons. The largest absolute Gasteiger partial charge is 0.309 e. The van der Waals surface area contributed by atoms with E-state index < -0.39 is 0 Å². The maximum atomic E-state index is 4.80. The lowest BCUT2D eigenvalue weighted by atomic mass is 9.97. The summed E-state index contributed by atoms with van der Waals surface area (Å²) in [6, 6.07) is 41.2. The summed E-state index contributed by atoms with van der Waals surface area (Å²) in [5, 5.41) is 7.14. The van der Waals surface area contributed by atoms with Gasteiger partial charge >= 0.3 is 0 Å².